The zero-order valence-electron chi connectivity index (χ0n) is 20.5. The van der Waals surface area contributed by atoms with Crippen molar-refractivity contribution in [3.05, 3.63) is 101 Å². The highest BCUT2D eigenvalue weighted by atomic mass is 19.1. The van der Waals surface area contributed by atoms with Crippen molar-refractivity contribution in [3.8, 4) is 5.88 Å². The summed E-state index contributed by atoms with van der Waals surface area (Å²) in [6.07, 6.45) is 3.74. The molecule has 1 atom stereocenters. The summed E-state index contributed by atoms with van der Waals surface area (Å²) in [4.78, 5) is 11.6. The number of halogens is 1. The van der Waals surface area contributed by atoms with E-state index in [4.69, 9.17) is 14.5 Å². The van der Waals surface area contributed by atoms with Gasteiger partial charge in [-0.05, 0) is 54.4 Å². The minimum absolute atomic E-state index is 0.190. The Morgan fingerprint density at radius 3 is 2.78 bits per heavy atom. The van der Waals surface area contributed by atoms with Gasteiger partial charge in [0.25, 0.3) is 0 Å². The Morgan fingerprint density at radius 2 is 1.97 bits per heavy atom. The van der Waals surface area contributed by atoms with Gasteiger partial charge in [-0.3, -0.25) is 9.88 Å². The van der Waals surface area contributed by atoms with Crippen molar-refractivity contribution in [1.82, 2.24) is 20.2 Å². The van der Waals surface area contributed by atoms with E-state index in [1.807, 2.05) is 30.5 Å². The zero-order chi connectivity index (χ0) is 24.7. The normalized spacial score (nSPS) is 15.2. The summed E-state index contributed by atoms with van der Waals surface area (Å²) in [5.41, 5.74) is 4.97. The lowest BCUT2D eigenvalue weighted by Gasteiger charge is -2.34. The van der Waals surface area contributed by atoms with Gasteiger partial charge >= 0.3 is 0 Å². The predicted octanol–water partition coefficient (Wildman–Crippen LogP) is 4.82. The van der Waals surface area contributed by atoms with Crippen LogP contribution >= 0.6 is 0 Å². The van der Waals surface area contributed by atoms with Gasteiger partial charge in [0.15, 0.2) is 0 Å². The highest BCUT2D eigenvalue weighted by molar-refractivity contribution is 5.80. The first-order chi connectivity index (χ1) is 17.7. The predicted molar refractivity (Wildman–Crippen MR) is 138 cm³/mol. The van der Waals surface area contributed by atoms with Gasteiger partial charge in [-0.2, -0.15) is 0 Å². The fraction of sp³-hybridized carbons (Fsp3) is 0.310. The molecular weight excluding hydrogens is 455 g/mol. The summed E-state index contributed by atoms with van der Waals surface area (Å²) in [7, 11) is 0. The zero-order valence-corrected chi connectivity index (χ0v) is 20.5. The van der Waals surface area contributed by atoms with E-state index in [2.05, 4.69) is 40.3 Å². The van der Waals surface area contributed by atoms with Crippen LogP contribution < -0.4 is 10.1 Å². The number of nitrogens with zero attached hydrogens (tertiary/aromatic N) is 3. The highest BCUT2D eigenvalue weighted by Gasteiger charge is 2.23. The summed E-state index contributed by atoms with van der Waals surface area (Å²) in [6, 6.07) is 19.1. The summed E-state index contributed by atoms with van der Waals surface area (Å²) in [5.74, 6) is 0.289. The van der Waals surface area contributed by atoms with Gasteiger partial charge in [-0.25, -0.2) is 9.37 Å². The van der Waals surface area contributed by atoms with E-state index < -0.39 is 0 Å². The molecule has 0 saturated carbocycles. The number of benzene rings is 2. The first-order valence-electron chi connectivity index (χ1n) is 12.4. The second-order valence-corrected chi connectivity index (χ2v) is 9.15. The van der Waals surface area contributed by atoms with Gasteiger partial charge in [0.1, 0.15) is 12.4 Å². The topological polar surface area (TPSA) is 59.5 Å². The molecule has 0 spiro atoms. The number of ether oxygens (including phenoxy) is 2. The molecule has 5 rings (SSSR count). The molecule has 1 aliphatic heterocycles. The molecule has 2 aromatic heterocycles. The van der Waals surface area contributed by atoms with Crippen LogP contribution in [0.2, 0.25) is 0 Å². The van der Waals surface area contributed by atoms with Crippen LogP contribution in [0.3, 0.4) is 0 Å². The van der Waals surface area contributed by atoms with Crippen LogP contribution in [0.4, 0.5) is 4.39 Å². The van der Waals surface area contributed by atoms with E-state index >= 15 is 0 Å². The van der Waals surface area contributed by atoms with Crippen molar-refractivity contribution >= 4 is 10.9 Å². The van der Waals surface area contributed by atoms with E-state index in [1.165, 1.54) is 23.3 Å². The van der Waals surface area contributed by atoms with Crippen molar-refractivity contribution in [2.24, 2.45) is 0 Å². The van der Waals surface area contributed by atoms with Crippen molar-refractivity contribution in [3.63, 3.8) is 0 Å². The first-order valence-corrected chi connectivity index (χ1v) is 12.4. The number of fused-ring (bicyclic) bond motifs is 1. The van der Waals surface area contributed by atoms with Crippen LogP contribution in [0.1, 0.15) is 28.3 Å². The largest absolute Gasteiger partial charge is 0.473 e. The first kappa shape index (κ1) is 24.3. The molecule has 1 fully saturated rings. The molecule has 7 heteroatoms. The molecule has 0 amide bonds. The van der Waals surface area contributed by atoms with Crippen LogP contribution in [-0.4, -0.2) is 47.7 Å². The maximum absolute atomic E-state index is 13.7. The molecule has 0 bridgehead atoms. The Labute approximate surface area is 211 Å². The Kier molecular flexibility index (Phi) is 7.81. The van der Waals surface area contributed by atoms with E-state index in [9.17, 15) is 4.39 Å². The van der Waals surface area contributed by atoms with Gasteiger partial charge in [0, 0.05) is 55.6 Å². The lowest BCUT2D eigenvalue weighted by Crippen LogP contribution is -2.42. The van der Waals surface area contributed by atoms with Crippen LogP contribution in [0, 0.1) is 12.7 Å². The molecule has 2 aromatic carbocycles. The van der Waals surface area contributed by atoms with Gasteiger partial charge < -0.3 is 14.8 Å². The molecule has 1 unspecified atom stereocenters. The lowest BCUT2D eigenvalue weighted by molar-refractivity contribution is 0.0160. The number of aryl methyl sites for hydroxylation is 1. The summed E-state index contributed by atoms with van der Waals surface area (Å²) < 4.78 is 25.3. The van der Waals surface area contributed by atoms with Crippen LogP contribution in [-0.2, 0) is 17.9 Å². The second kappa shape index (κ2) is 11.6. The van der Waals surface area contributed by atoms with E-state index in [1.54, 1.807) is 12.3 Å². The lowest BCUT2D eigenvalue weighted by atomic mass is 10.1. The summed E-state index contributed by atoms with van der Waals surface area (Å²) in [5, 5.41) is 4.71. The number of aromatic nitrogens is 2. The molecule has 0 radical (unpaired) electrons. The van der Waals surface area contributed by atoms with Crippen LogP contribution in [0.25, 0.3) is 10.9 Å². The Bertz CT molecular complexity index is 1300. The standard InChI is InChI=1S/C29H31FN4O2/c1-21-7-8-27-24(14-21)16-25(29(33-27)36-20-22-4-2-6-26(30)15-22)18-32-19-28(23-5-3-9-31-17-23)34-10-12-35-13-11-34/h2-9,14-17,28,32H,10-13,18-20H2,1H3. The number of rotatable bonds is 9. The smallest absolute Gasteiger partial charge is 0.218 e. The molecular formula is C29H31FN4O2. The fourth-order valence-corrected chi connectivity index (χ4v) is 4.62. The molecule has 1 saturated heterocycles. The average molecular weight is 487 g/mol. The van der Waals surface area contributed by atoms with Gasteiger partial charge in [0.05, 0.1) is 18.7 Å². The van der Waals surface area contributed by atoms with E-state index in [0.717, 1.165) is 54.9 Å². The maximum Gasteiger partial charge on any atom is 0.218 e. The number of pyridine rings is 2. The Hall–Kier alpha value is -3.39. The molecule has 1 N–H and O–H groups in total. The monoisotopic (exact) mass is 486 g/mol. The number of nitrogens with one attached hydrogen (secondary N) is 1. The van der Waals surface area contributed by atoms with Gasteiger partial charge in [-0.1, -0.05) is 29.8 Å². The third kappa shape index (κ3) is 6.05. The Morgan fingerprint density at radius 1 is 1.08 bits per heavy atom. The molecule has 6 nitrogen and oxygen atoms in total. The molecule has 1 aliphatic rings. The van der Waals surface area contributed by atoms with Gasteiger partial charge in [-0.15, -0.1) is 0 Å². The summed E-state index contributed by atoms with van der Waals surface area (Å²) in [6.45, 7) is 6.93. The summed E-state index contributed by atoms with van der Waals surface area (Å²) >= 11 is 0. The van der Waals surface area contributed by atoms with Crippen molar-refractivity contribution in [1.29, 1.82) is 0 Å². The number of hydrogen-bond acceptors (Lipinski definition) is 6. The minimum Gasteiger partial charge on any atom is -0.473 e. The second-order valence-electron chi connectivity index (χ2n) is 9.15. The van der Waals surface area contributed by atoms with Crippen LogP contribution in [0.5, 0.6) is 5.88 Å². The molecule has 0 aliphatic carbocycles. The van der Waals surface area contributed by atoms with Gasteiger partial charge in [0.2, 0.25) is 5.88 Å². The number of hydrogen-bond donors (Lipinski definition) is 1. The molecule has 186 valence electrons. The van der Waals surface area contributed by atoms with E-state index in [-0.39, 0.29) is 18.5 Å². The molecule has 3 heterocycles. The van der Waals surface area contributed by atoms with Crippen molar-refractivity contribution in [2.45, 2.75) is 26.1 Å². The quantitative estimate of drug-likeness (QED) is 0.366. The third-order valence-electron chi connectivity index (χ3n) is 6.48. The van der Waals surface area contributed by atoms with E-state index in [0.29, 0.717) is 12.4 Å². The number of morpholine rings is 1. The Balaban J connectivity index is 1.35. The SMILES string of the molecule is Cc1ccc2nc(OCc3cccc(F)c3)c(CNCC(c3cccnc3)N3CCOCC3)cc2c1. The van der Waals surface area contributed by atoms with Crippen molar-refractivity contribution in [2.75, 3.05) is 32.8 Å². The van der Waals surface area contributed by atoms with Crippen LogP contribution in [0.15, 0.2) is 73.1 Å². The fourth-order valence-electron chi connectivity index (χ4n) is 4.62. The molecule has 4 aromatic rings. The average Bonchev–Trinajstić information content (AvgIpc) is 2.91. The maximum atomic E-state index is 13.7. The minimum atomic E-state index is -0.274. The third-order valence-corrected chi connectivity index (χ3v) is 6.48. The highest BCUT2D eigenvalue weighted by Crippen LogP contribution is 2.25. The molecule has 36 heavy (non-hydrogen) atoms. The van der Waals surface area contributed by atoms with Crippen molar-refractivity contribution < 1.29 is 13.9 Å².